The van der Waals surface area contributed by atoms with Crippen molar-refractivity contribution in [2.75, 3.05) is 13.1 Å². The standard InChI is InChI=1S/C11H22N2O3/c1-4-12-7-8(2)11(16)13-9(3)5-6-10(14)15/h8-9,12H,4-7H2,1-3H3,(H,13,16)(H,14,15). The number of amides is 1. The summed E-state index contributed by atoms with van der Waals surface area (Å²) in [7, 11) is 0. The first-order valence-corrected chi connectivity index (χ1v) is 5.70. The van der Waals surface area contributed by atoms with E-state index in [0.29, 0.717) is 13.0 Å². The van der Waals surface area contributed by atoms with Gasteiger partial charge in [0.15, 0.2) is 0 Å². The van der Waals surface area contributed by atoms with E-state index in [2.05, 4.69) is 10.6 Å². The molecule has 0 aromatic rings. The van der Waals surface area contributed by atoms with Gasteiger partial charge in [0.25, 0.3) is 0 Å². The number of hydrogen-bond acceptors (Lipinski definition) is 3. The van der Waals surface area contributed by atoms with Crippen molar-refractivity contribution in [3.63, 3.8) is 0 Å². The Balaban J connectivity index is 3.80. The predicted octanol–water partition coefficient (Wildman–Crippen LogP) is 0.601. The zero-order valence-electron chi connectivity index (χ0n) is 10.2. The van der Waals surface area contributed by atoms with Crippen LogP contribution < -0.4 is 10.6 Å². The molecule has 0 aliphatic carbocycles. The van der Waals surface area contributed by atoms with E-state index in [0.717, 1.165) is 6.54 Å². The van der Waals surface area contributed by atoms with E-state index >= 15 is 0 Å². The fourth-order valence-corrected chi connectivity index (χ4v) is 1.25. The number of carbonyl (C=O) groups excluding carboxylic acids is 1. The van der Waals surface area contributed by atoms with Crippen molar-refractivity contribution in [1.29, 1.82) is 0 Å². The second-order valence-electron chi connectivity index (χ2n) is 4.05. The lowest BCUT2D eigenvalue weighted by atomic mass is 10.1. The third kappa shape index (κ3) is 7.23. The molecule has 2 unspecified atom stereocenters. The highest BCUT2D eigenvalue weighted by Crippen LogP contribution is 1.99. The molecule has 0 heterocycles. The molecule has 0 fully saturated rings. The lowest BCUT2D eigenvalue weighted by molar-refractivity contribution is -0.137. The number of rotatable bonds is 8. The molecule has 0 aromatic carbocycles. The van der Waals surface area contributed by atoms with Crippen LogP contribution in [-0.4, -0.2) is 36.1 Å². The van der Waals surface area contributed by atoms with E-state index in [1.165, 1.54) is 0 Å². The first kappa shape index (κ1) is 14.9. The Bertz CT molecular complexity index is 231. The van der Waals surface area contributed by atoms with Gasteiger partial charge >= 0.3 is 5.97 Å². The lowest BCUT2D eigenvalue weighted by Crippen LogP contribution is -2.40. The zero-order valence-corrected chi connectivity index (χ0v) is 10.2. The van der Waals surface area contributed by atoms with Gasteiger partial charge in [-0.3, -0.25) is 9.59 Å². The maximum absolute atomic E-state index is 11.6. The van der Waals surface area contributed by atoms with E-state index in [9.17, 15) is 9.59 Å². The van der Waals surface area contributed by atoms with E-state index < -0.39 is 5.97 Å². The Hall–Kier alpha value is -1.10. The molecule has 0 aliphatic heterocycles. The molecule has 5 heteroatoms. The molecule has 0 aliphatic rings. The Labute approximate surface area is 96.6 Å². The number of carboxylic acid groups (broad SMARTS) is 1. The quantitative estimate of drug-likeness (QED) is 0.570. The minimum atomic E-state index is -0.832. The van der Waals surface area contributed by atoms with Crippen molar-refractivity contribution >= 4 is 11.9 Å². The molecule has 0 rings (SSSR count). The molecule has 0 radical (unpaired) electrons. The molecule has 0 saturated carbocycles. The molecule has 0 bridgehead atoms. The largest absolute Gasteiger partial charge is 0.481 e. The van der Waals surface area contributed by atoms with Gasteiger partial charge in [-0.1, -0.05) is 13.8 Å². The lowest BCUT2D eigenvalue weighted by Gasteiger charge is -2.17. The van der Waals surface area contributed by atoms with Crippen LogP contribution in [0.25, 0.3) is 0 Å². The monoisotopic (exact) mass is 230 g/mol. The first-order chi connectivity index (χ1) is 7.47. The second kappa shape index (κ2) is 8.10. The van der Waals surface area contributed by atoms with Crippen LogP contribution in [0.4, 0.5) is 0 Å². The van der Waals surface area contributed by atoms with Crippen LogP contribution in [0.15, 0.2) is 0 Å². The van der Waals surface area contributed by atoms with Crippen molar-refractivity contribution in [3.05, 3.63) is 0 Å². The Kier molecular flexibility index (Phi) is 7.54. The van der Waals surface area contributed by atoms with Crippen LogP contribution in [-0.2, 0) is 9.59 Å². The van der Waals surface area contributed by atoms with Gasteiger partial charge in [0.05, 0.1) is 0 Å². The summed E-state index contributed by atoms with van der Waals surface area (Å²) < 4.78 is 0. The molecular formula is C11H22N2O3. The van der Waals surface area contributed by atoms with Crippen molar-refractivity contribution in [1.82, 2.24) is 10.6 Å². The Morgan fingerprint density at radius 3 is 2.44 bits per heavy atom. The zero-order chi connectivity index (χ0) is 12.6. The molecule has 3 N–H and O–H groups in total. The highest BCUT2D eigenvalue weighted by atomic mass is 16.4. The molecular weight excluding hydrogens is 208 g/mol. The Morgan fingerprint density at radius 1 is 1.31 bits per heavy atom. The SMILES string of the molecule is CCNCC(C)C(=O)NC(C)CCC(=O)O. The summed E-state index contributed by atoms with van der Waals surface area (Å²) in [5.74, 6) is -0.951. The summed E-state index contributed by atoms with van der Waals surface area (Å²) in [5, 5.41) is 14.4. The smallest absolute Gasteiger partial charge is 0.303 e. The maximum atomic E-state index is 11.6. The van der Waals surface area contributed by atoms with Crippen molar-refractivity contribution in [3.8, 4) is 0 Å². The van der Waals surface area contributed by atoms with Crippen LogP contribution in [0, 0.1) is 5.92 Å². The van der Waals surface area contributed by atoms with Gasteiger partial charge in [-0.05, 0) is 19.9 Å². The van der Waals surface area contributed by atoms with E-state index in [4.69, 9.17) is 5.11 Å². The van der Waals surface area contributed by atoms with Gasteiger partial charge in [-0.2, -0.15) is 0 Å². The summed E-state index contributed by atoms with van der Waals surface area (Å²) >= 11 is 0. The molecule has 2 atom stereocenters. The highest BCUT2D eigenvalue weighted by molar-refractivity contribution is 5.78. The third-order valence-electron chi connectivity index (χ3n) is 2.33. The predicted molar refractivity (Wildman–Crippen MR) is 62.2 cm³/mol. The van der Waals surface area contributed by atoms with Crippen LogP contribution in [0.5, 0.6) is 0 Å². The van der Waals surface area contributed by atoms with Gasteiger partial charge in [-0.25, -0.2) is 0 Å². The third-order valence-corrected chi connectivity index (χ3v) is 2.33. The molecule has 0 aromatic heterocycles. The minimum Gasteiger partial charge on any atom is -0.481 e. The van der Waals surface area contributed by atoms with Crippen molar-refractivity contribution in [2.24, 2.45) is 5.92 Å². The second-order valence-corrected chi connectivity index (χ2v) is 4.05. The van der Waals surface area contributed by atoms with Gasteiger partial charge in [-0.15, -0.1) is 0 Å². The molecule has 16 heavy (non-hydrogen) atoms. The average molecular weight is 230 g/mol. The fraction of sp³-hybridized carbons (Fsp3) is 0.818. The fourth-order valence-electron chi connectivity index (χ4n) is 1.25. The van der Waals surface area contributed by atoms with Crippen LogP contribution >= 0.6 is 0 Å². The first-order valence-electron chi connectivity index (χ1n) is 5.70. The van der Waals surface area contributed by atoms with Crippen molar-refractivity contribution < 1.29 is 14.7 Å². The molecule has 0 saturated heterocycles. The van der Waals surface area contributed by atoms with Crippen LogP contribution in [0.1, 0.15) is 33.6 Å². The number of aliphatic carboxylic acids is 1. The van der Waals surface area contributed by atoms with Gasteiger partial charge in [0.1, 0.15) is 0 Å². The molecule has 0 spiro atoms. The van der Waals surface area contributed by atoms with Gasteiger partial charge in [0.2, 0.25) is 5.91 Å². The number of hydrogen-bond donors (Lipinski definition) is 3. The number of carboxylic acids is 1. The highest BCUT2D eigenvalue weighted by Gasteiger charge is 2.14. The van der Waals surface area contributed by atoms with Gasteiger partial charge < -0.3 is 15.7 Å². The topological polar surface area (TPSA) is 78.4 Å². The maximum Gasteiger partial charge on any atom is 0.303 e. The van der Waals surface area contributed by atoms with E-state index in [1.807, 2.05) is 20.8 Å². The summed E-state index contributed by atoms with van der Waals surface area (Å²) in [6.45, 7) is 7.14. The normalized spacial score (nSPS) is 14.2. The average Bonchev–Trinajstić information content (AvgIpc) is 2.22. The number of nitrogens with one attached hydrogen (secondary N) is 2. The molecule has 1 amide bonds. The summed E-state index contributed by atoms with van der Waals surface area (Å²) in [6.07, 6.45) is 0.554. The summed E-state index contributed by atoms with van der Waals surface area (Å²) in [6, 6.07) is -0.0901. The van der Waals surface area contributed by atoms with E-state index in [-0.39, 0.29) is 24.3 Å². The number of carbonyl (C=O) groups is 2. The molecule has 5 nitrogen and oxygen atoms in total. The summed E-state index contributed by atoms with van der Waals surface area (Å²) in [4.78, 5) is 21.9. The van der Waals surface area contributed by atoms with Crippen LogP contribution in [0.2, 0.25) is 0 Å². The van der Waals surface area contributed by atoms with E-state index in [1.54, 1.807) is 0 Å². The van der Waals surface area contributed by atoms with Crippen LogP contribution in [0.3, 0.4) is 0 Å². The molecule has 94 valence electrons. The minimum absolute atomic E-state index is 0.0289. The van der Waals surface area contributed by atoms with Crippen molar-refractivity contribution in [2.45, 2.75) is 39.7 Å². The summed E-state index contributed by atoms with van der Waals surface area (Å²) in [5.41, 5.74) is 0. The Morgan fingerprint density at radius 2 is 1.94 bits per heavy atom. The van der Waals surface area contributed by atoms with Gasteiger partial charge in [0, 0.05) is 24.9 Å².